The number of fused-ring (bicyclic) bond motifs is 1. The SMILES string of the molecule is CCOC(=O)C1=C(c2ccccc2)Nc2nc(SCc3ccccc3Cl)[nH]c(=O)c2C1c1ccc(N(CC)CC)cc1. The lowest BCUT2D eigenvalue weighted by Gasteiger charge is -2.30. The van der Waals surface area contributed by atoms with Gasteiger partial charge in [0, 0.05) is 29.6 Å². The summed E-state index contributed by atoms with van der Waals surface area (Å²) < 4.78 is 5.56. The van der Waals surface area contributed by atoms with E-state index in [0.717, 1.165) is 35.5 Å². The molecule has 1 unspecified atom stereocenters. The maximum Gasteiger partial charge on any atom is 0.337 e. The zero-order chi connectivity index (χ0) is 29.6. The molecule has 7 nitrogen and oxygen atoms in total. The quantitative estimate of drug-likeness (QED) is 0.114. The minimum Gasteiger partial charge on any atom is -0.463 e. The van der Waals surface area contributed by atoms with E-state index in [1.165, 1.54) is 11.8 Å². The van der Waals surface area contributed by atoms with Crippen molar-refractivity contribution >= 4 is 46.5 Å². The molecule has 1 aliphatic rings. The molecule has 1 atom stereocenters. The fraction of sp³-hybridized carbons (Fsp3) is 0.242. The highest BCUT2D eigenvalue weighted by Crippen LogP contribution is 2.43. The van der Waals surface area contributed by atoms with Gasteiger partial charge in [0.25, 0.3) is 5.56 Å². The van der Waals surface area contributed by atoms with Gasteiger partial charge in [-0.15, -0.1) is 0 Å². The van der Waals surface area contributed by atoms with Gasteiger partial charge in [0.2, 0.25) is 0 Å². The average molecular weight is 601 g/mol. The van der Waals surface area contributed by atoms with Gasteiger partial charge in [-0.05, 0) is 55.7 Å². The number of H-pyrrole nitrogens is 1. The summed E-state index contributed by atoms with van der Waals surface area (Å²) in [6.45, 7) is 7.95. The topological polar surface area (TPSA) is 87.3 Å². The molecule has 0 saturated heterocycles. The van der Waals surface area contributed by atoms with E-state index in [1.807, 2.05) is 78.9 Å². The van der Waals surface area contributed by atoms with E-state index >= 15 is 0 Å². The molecule has 0 fully saturated rings. The number of hydrogen-bond acceptors (Lipinski definition) is 7. The van der Waals surface area contributed by atoms with Crippen molar-refractivity contribution in [3.05, 3.63) is 122 Å². The number of nitrogens with one attached hydrogen (secondary N) is 2. The first-order valence-corrected chi connectivity index (χ1v) is 15.4. The zero-order valence-corrected chi connectivity index (χ0v) is 25.4. The monoisotopic (exact) mass is 600 g/mol. The van der Waals surface area contributed by atoms with Gasteiger partial charge in [0.05, 0.1) is 29.4 Å². The third kappa shape index (κ3) is 6.10. The summed E-state index contributed by atoms with van der Waals surface area (Å²) in [7, 11) is 0. The molecular formula is C33H33ClN4O3S. The highest BCUT2D eigenvalue weighted by Gasteiger charge is 2.38. The molecule has 0 spiro atoms. The Hall–Kier alpha value is -4.01. The minimum atomic E-state index is -0.694. The van der Waals surface area contributed by atoms with Crippen LogP contribution in [0.5, 0.6) is 0 Å². The van der Waals surface area contributed by atoms with Crippen LogP contribution in [-0.4, -0.2) is 35.6 Å². The van der Waals surface area contributed by atoms with Crippen LogP contribution in [0.25, 0.3) is 5.70 Å². The number of benzene rings is 3. The molecule has 9 heteroatoms. The number of ether oxygens (including phenoxy) is 1. The number of thioether (sulfide) groups is 1. The first kappa shape index (κ1) is 29.5. The van der Waals surface area contributed by atoms with Crippen molar-refractivity contribution in [2.45, 2.75) is 37.6 Å². The smallest absolute Gasteiger partial charge is 0.337 e. The summed E-state index contributed by atoms with van der Waals surface area (Å²) in [6, 6.07) is 25.2. The number of carbonyl (C=O) groups is 1. The van der Waals surface area contributed by atoms with Gasteiger partial charge in [0.1, 0.15) is 5.82 Å². The van der Waals surface area contributed by atoms with Crippen molar-refractivity contribution < 1.29 is 9.53 Å². The van der Waals surface area contributed by atoms with Crippen LogP contribution in [0, 0.1) is 0 Å². The molecule has 2 N–H and O–H groups in total. The van der Waals surface area contributed by atoms with Crippen LogP contribution >= 0.6 is 23.4 Å². The Bertz CT molecular complexity index is 1650. The van der Waals surface area contributed by atoms with Crippen LogP contribution in [0.1, 0.15) is 48.9 Å². The number of anilines is 2. The van der Waals surface area contributed by atoms with Crippen LogP contribution in [-0.2, 0) is 15.3 Å². The molecule has 0 radical (unpaired) electrons. The van der Waals surface area contributed by atoms with Crippen molar-refractivity contribution in [1.82, 2.24) is 9.97 Å². The maximum atomic E-state index is 13.8. The van der Waals surface area contributed by atoms with Gasteiger partial charge in [-0.3, -0.25) is 4.79 Å². The zero-order valence-electron chi connectivity index (χ0n) is 23.8. The van der Waals surface area contributed by atoms with Crippen LogP contribution < -0.4 is 15.8 Å². The summed E-state index contributed by atoms with van der Waals surface area (Å²) in [6.07, 6.45) is 0. The van der Waals surface area contributed by atoms with Crippen molar-refractivity contribution in [3.8, 4) is 0 Å². The Morgan fingerprint density at radius 1 is 0.976 bits per heavy atom. The maximum absolute atomic E-state index is 13.8. The molecule has 42 heavy (non-hydrogen) atoms. The molecule has 1 aliphatic heterocycles. The summed E-state index contributed by atoms with van der Waals surface area (Å²) in [5, 5.41) is 4.45. The standard InChI is InChI=1S/C33H33ClN4O3S/c1-4-38(5-2)24-18-16-21(17-19-24)26-27(32(40)41-6-3)29(22-12-8-7-9-13-22)35-30-28(26)31(39)37-33(36-30)42-20-23-14-10-11-15-25(23)34/h7-19,26H,4-6,20H2,1-3H3,(H2,35,36,37,39). The predicted octanol–water partition coefficient (Wildman–Crippen LogP) is 7.09. The summed E-state index contributed by atoms with van der Waals surface area (Å²) in [4.78, 5) is 37.5. The van der Waals surface area contributed by atoms with E-state index in [9.17, 15) is 9.59 Å². The van der Waals surface area contributed by atoms with Crippen LogP contribution in [0.4, 0.5) is 11.5 Å². The Balaban J connectivity index is 1.65. The molecule has 0 aliphatic carbocycles. The van der Waals surface area contributed by atoms with Crippen LogP contribution in [0.3, 0.4) is 0 Å². The predicted molar refractivity (Wildman–Crippen MR) is 171 cm³/mol. The molecule has 1 aromatic heterocycles. The normalized spacial score (nSPS) is 14.2. The molecule has 0 saturated carbocycles. The number of nitrogens with zero attached hydrogens (tertiary/aromatic N) is 2. The summed E-state index contributed by atoms with van der Waals surface area (Å²) in [5.41, 5.74) is 4.60. The molecule has 4 aromatic rings. The molecule has 0 bridgehead atoms. The first-order valence-electron chi connectivity index (χ1n) is 14.0. The number of aromatic amines is 1. The average Bonchev–Trinajstić information content (AvgIpc) is 3.01. The second kappa shape index (κ2) is 13.3. The van der Waals surface area contributed by atoms with E-state index < -0.39 is 11.9 Å². The lowest BCUT2D eigenvalue weighted by Crippen LogP contribution is -2.31. The van der Waals surface area contributed by atoms with E-state index in [1.54, 1.807) is 6.92 Å². The molecule has 5 rings (SSSR count). The number of hydrogen-bond donors (Lipinski definition) is 2. The Morgan fingerprint density at radius 2 is 1.67 bits per heavy atom. The number of esters is 1. The summed E-state index contributed by atoms with van der Waals surface area (Å²) in [5.74, 6) is -0.234. The highest BCUT2D eigenvalue weighted by atomic mass is 35.5. The van der Waals surface area contributed by atoms with E-state index in [0.29, 0.717) is 38.6 Å². The van der Waals surface area contributed by atoms with E-state index in [2.05, 4.69) is 29.0 Å². The Kier molecular flexibility index (Phi) is 9.35. The number of rotatable bonds is 10. The third-order valence-corrected chi connectivity index (χ3v) is 8.55. The van der Waals surface area contributed by atoms with Gasteiger partial charge in [-0.1, -0.05) is 84.0 Å². The van der Waals surface area contributed by atoms with Crippen LogP contribution in [0.15, 0.2) is 94.4 Å². The molecular weight excluding hydrogens is 568 g/mol. The van der Waals surface area contributed by atoms with Gasteiger partial charge in [-0.2, -0.15) is 0 Å². The second-order valence-electron chi connectivity index (χ2n) is 9.71. The largest absolute Gasteiger partial charge is 0.463 e. The van der Waals surface area contributed by atoms with Crippen molar-refractivity contribution in [2.24, 2.45) is 0 Å². The number of aromatic nitrogens is 2. The fourth-order valence-electron chi connectivity index (χ4n) is 5.19. The van der Waals surface area contributed by atoms with Gasteiger partial charge >= 0.3 is 5.97 Å². The highest BCUT2D eigenvalue weighted by molar-refractivity contribution is 7.98. The summed E-state index contributed by atoms with van der Waals surface area (Å²) >= 11 is 7.75. The fourth-order valence-corrected chi connectivity index (χ4v) is 6.34. The molecule has 3 aromatic carbocycles. The lowest BCUT2D eigenvalue weighted by atomic mass is 9.81. The first-order chi connectivity index (χ1) is 20.4. The van der Waals surface area contributed by atoms with Gasteiger partial charge < -0.3 is 19.9 Å². The van der Waals surface area contributed by atoms with Crippen molar-refractivity contribution in [2.75, 3.05) is 29.9 Å². The van der Waals surface area contributed by atoms with E-state index in [4.69, 9.17) is 21.3 Å². The second-order valence-corrected chi connectivity index (χ2v) is 11.1. The molecule has 0 amide bonds. The van der Waals surface area contributed by atoms with E-state index in [-0.39, 0.29) is 12.2 Å². The van der Waals surface area contributed by atoms with Crippen molar-refractivity contribution in [1.29, 1.82) is 0 Å². The number of halogens is 1. The number of carbonyl (C=O) groups excluding carboxylic acids is 1. The molecule has 2 heterocycles. The third-order valence-electron chi connectivity index (χ3n) is 7.26. The van der Waals surface area contributed by atoms with Crippen LogP contribution in [0.2, 0.25) is 5.02 Å². The molecule has 216 valence electrons. The Labute approximate surface area is 255 Å². The van der Waals surface area contributed by atoms with Gasteiger partial charge in [0.15, 0.2) is 5.16 Å². The van der Waals surface area contributed by atoms with Crippen molar-refractivity contribution in [3.63, 3.8) is 0 Å². The lowest BCUT2D eigenvalue weighted by molar-refractivity contribution is -0.138. The van der Waals surface area contributed by atoms with Gasteiger partial charge in [-0.25, -0.2) is 9.78 Å². The Morgan fingerprint density at radius 3 is 2.33 bits per heavy atom. The minimum absolute atomic E-state index is 0.205.